The maximum atomic E-state index is 13.6. The van der Waals surface area contributed by atoms with E-state index in [0.29, 0.717) is 10.8 Å². The van der Waals surface area contributed by atoms with Crippen molar-refractivity contribution in [2.75, 3.05) is 14.2 Å². The highest BCUT2D eigenvalue weighted by Crippen LogP contribution is 2.34. The Morgan fingerprint density at radius 3 is 2.47 bits per heavy atom. The predicted molar refractivity (Wildman–Crippen MR) is 128 cm³/mol. The van der Waals surface area contributed by atoms with Gasteiger partial charge in [0, 0.05) is 34.5 Å². The molecule has 0 spiro atoms. The minimum atomic E-state index is -4.33. The molecule has 14 heteroatoms. The van der Waals surface area contributed by atoms with Crippen LogP contribution < -0.4 is 14.2 Å². The van der Waals surface area contributed by atoms with Gasteiger partial charge in [-0.15, -0.1) is 0 Å². The molecule has 0 aliphatic carbocycles. The van der Waals surface area contributed by atoms with E-state index in [4.69, 9.17) is 21.1 Å². The fraction of sp³-hybridized carbons (Fsp3) is 0.182. The lowest BCUT2D eigenvalue weighted by atomic mass is 10.3. The molecule has 0 fully saturated rings. The zero-order valence-electron chi connectivity index (χ0n) is 18.7. The van der Waals surface area contributed by atoms with Crippen LogP contribution in [0.25, 0.3) is 11.0 Å². The van der Waals surface area contributed by atoms with E-state index >= 15 is 0 Å². The molecule has 4 aromatic rings. The first kappa shape index (κ1) is 25.9. The number of hydrogen-bond donors (Lipinski definition) is 0. The smallest absolute Gasteiger partial charge is 0.387 e. The number of methoxy groups -OCH3 is 2. The minimum Gasteiger partial charge on any atom is -0.609 e. The standard InChI is InChI=1S/C22H18ClF2N3O6S2/c1-32-19-9-10-26-17(20(19)33-2)12-35(29)22-27-16-11-14(34-21(24)25)5-8-18(16)28(22)36(30,31)15-6-3-13(23)4-7-15/h3-11,21H,12H2,1-2H3. The number of nitrogens with zero attached hydrogens (tertiary/aromatic N) is 3. The van der Waals surface area contributed by atoms with E-state index in [9.17, 15) is 21.8 Å². The van der Waals surface area contributed by atoms with Crippen LogP contribution in [-0.2, 0) is 27.0 Å². The monoisotopic (exact) mass is 557 g/mol. The molecular weight excluding hydrogens is 540 g/mol. The fourth-order valence-corrected chi connectivity index (χ4v) is 6.51. The average molecular weight is 558 g/mol. The van der Waals surface area contributed by atoms with Crippen LogP contribution in [0, 0.1) is 0 Å². The Balaban J connectivity index is 1.87. The molecule has 0 N–H and O–H groups in total. The van der Waals surface area contributed by atoms with Crippen molar-refractivity contribution in [3.05, 3.63) is 65.4 Å². The number of imidazole rings is 1. The molecule has 190 valence electrons. The van der Waals surface area contributed by atoms with Crippen LogP contribution in [0.2, 0.25) is 5.02 Å². The third-order valence-electron chi connectivity index (χ3n) is 4.97. The average Bonchev–Trinajstić information content (AvgIpc) is 3.23. The number of benzene rings is 2. The fourth-order valence-electron chi connectivity index (χ4n) is 3.42. The largest absolute Gasteiger partial charge is 0.609 e. The molecule has 2 heterocycles. The lowest BCUT2D eigenvalue weighted by Crippen LogP contribution is -2.20. The summed E-state index contributed by atoms with van der Waals surface area (Å²) in [6, 6.07) is 10.5. The van der Waals surface area contributed by atoms with Crippen LogP contribution in [0.1, 0.15) is 5.69 Å². The van der Waals surface area contributed by atoms with Crippen molar-refractivity contribution in [2.45, 2.75) is 22.4 Å². The maximum Gasteiger partial charge on any atom is 0.387 e. The first-order chi connectivity index (χ1) is 17.1. The molecule has 2 aromatic heterocycles. The summed E-state index contributed by atoms with van der Waals surface area (Å²) in [5, 5.41) is -0.0287. The Kier molecular flexibility index (Phi) is 7.54. The van der Waals surface area contributed by atoms with Crippen LogP contribution >= 0.6 is 11.6 Å². The van der Waals surface area contributed by atoms with Gasteiger partial charge in [-0.1, -0.05) is 11.6 Å². The number of pyridine rings is 1. The van der Waals surface area contributed by atoms with Gasteiger partial charge in [-0.3, -0.25) is 4.98 Å². The Morgan fingerprint density at radius 2 is 1.83 bits per heavy atom. The third kappa shape index (κ3) is 5.05. The van der Waals surface area contributed by atoms with Crippen LogP contribution in [0.4, 0.5) is 8.78 Å². The van der Waals surface area contributed by atoms with E-state index in [-0.39, 0.29) is 44.0 Å². The molecule has 0 aliphatic rings. The third-order valence-corrected chi connectivity index (χ3v) is 8.27. The highest BCUT2D eigenvalue weighted by atomic mass is 35.5. The molecule has 0 radical (unpaired) electrons. The highest BCUT2D eigenvalue weighted by molar-refractivity contribution is 7.93. The lowest BCUT2D eigenvalue weighted by Gasteiger charge is -2.15. The normalized spacial score (nSPS) is 12.6. The second-order valence-electron chi connectivity index (χ2n) is 7.13. The summed E-state index contributed by atoms with van der Waals surface area (Å²) in [6.07, 6.45) is 1.43. The number of aromatic nitrogens is 3. The maximum absolute atomic E-state index is 13.6. The summed E-state index contributed by atoms with van der Waals surface area (Å²) >= 11 is 3.82. The van der Waals surface area contributed by atoms with Crippen molar-refractivity contribution >= 4 is 43.8 Å². The highest BCUT2D eigenvalue weighted by Gasteiger charge is 2.33. The zero-order chi connectivity index (χ0) is 26.0. The van der Waals surface area contributed by atoms with Gasteiger partial charge in [-0.05, 0) is 36.4 Å². The summed E-state index contributed by atoms with van der Waals surface area (Å²) in [6.45, 7) is -3.09. The Hall–Kier alpha value is -3.13. The first-order valence-corrected chi connectivity index (χ1v) is 13.2. The quantitative estimate of drug-likeness (QED) is 0.280. The summed E-state index contributed by atoms with van der Waals surface area (Å²) in [7, 11) is -1.52. The molecular formula is C22H18ClF2N3O6S2. The predicted octanol–water partition coefficient (Wildman–Crippen LogP) is 4.25. The Bertz CT molecular complexity index is 1500. The Morgan fingerprint density at radius 1 is 1.11 bits per heavy atom. The van der Waals surface area contributed by atoms with Crippen LogP contribution in [0.5, 0.6) is 17.2 Å². The molecule has 0 aliphatic heterocycles. The summed E-state index contributed by atoms with van der Waals surface area (Å²) in [5.74, 6) is 0.0551. The topological polar surface area (TPSA) is 116 Å². The van der Waals surface area contributed by atoms with Crippen LogP contribution in [0.3, 0.4) is 0 Å². The molecule has 0 saturated carbocycles. The van der Waals surface area contributed by atoms with E-state index in [1.165, 1.54) is 56.8 Å². The molecule has 0 bridgehead atoms. The molecule has 2 aromatic carbocycles. The molecule has 36 heavy (non-hydrogen) atoms. The van der Waals surface area contributed by atoms with Crippen molar-refractivity contribution in [3.8, 4) is 17.2 Å². The molecule has 4 rings (SSSR count). The number of ether oxygens (including phenoxy) is 3. The second kappa shape index (κ2) is 10.5. The van der Waals surface area contributed by atoms with Crippen LogP contribution in [0.15, 0.2) is 64.8 Å². The molecule has 0 amide bonds. The van der Waals surface area contributed by atoms with E-state index in [2.05, 4.69) is 14.7 Å². The van der Waals surface area contributed by atoms with Gasteiger partial charge in [0.05, 0.1) is 30.1 Å². The molecule has 9 nitrogen and oxygen atoms in total. The van der Waals surface area contributed by atoms with Gasteiger partial charge < -0.3 is 18.8 Å². The van der Waals surface area contributed by atoms with E-state index in [1.807, 2.05) is 0 Å². The molecule has 1 atom stereocenters. The van der Waals surface area contributed by atoms with Gasteiger partial charge in [0.2, 0.25) is 0 Å². The van der Waals surface area contributed by atoms with Gasteiger partial charge in [-0.2, -0.15) is 17.7 Å². The summed E-state index contributed by atoms with van der Waals surface area (Å²) < 4.78 is 82.0. The zero-order valence-corrected chi connectivity index (χ0v) is 21.1. The second-order valence-corrected chi connectivity index (χ2v) is 10.7. The number of rotatable bonds is 9. The van der Waals surface area contributed by atoms with Crippen molar-refractivity contribution < 1.29 is 36.0 Å². The minimum absolute atomic E-state index is 0.0143. The van der Waals surface area contributed by atoms with Crippen molar-refractivity contribution in [1.29, 1.82) is 0 Å². The summed E-state index contributed by atoms with van der Waals surface area (Å²) in [5.41, 5.74) is 0.236. The first-order valence-electron chi connectivity index (χ1n) is 10.1. The van der Waals surface area contributed by atoms with Crippen molar-refractivity contribution in [3.63, 3.8) is 0 Å². The number of hydrogen-bond acceptors (Lipinski definition) is 8. The van der Waals surface area contributed by atoms with Gasteiger partial charge in [0.25, 0.3) is 10.0 Å². The lowest BCUT2D eigenvalue weighted by molar-refractivity contribution is -0.0497. The number of alkyl halides is 2. The van der Waals surface area contributed by atoms with E-state index in [1.54, 1.807) is 6.07 Å². The number of fused-ring (bicyclic) bond motifs is 1. The van der Waals surface area contributed by atoms with Crippen molar-refractivity contribution in [2.24, 2.45) is 0 Å². The van der Waals surface area contributed by atoms with Crippen LogP contribution in [-0.4, -0.2) is 47.7 Å². The van der Waals surface area contributed by atoms with E-state index < -0.39 is 27.8 Å². The van der Waals surface area contributed by atoms with Gasteiger partial charge in [0.15, 0.2) is 17.3 Å². The Labute approximate surface area is 212 Å². The number of halogens is 3. The van der Waals surface area contributed by atoms with E-state index in [0.717, 1.165) is 10.0 Å². The molecule has 0 saturated heterocycles. The summed E-state index contributed by atoms with van der Waals surface area (Å²) in [4.78, 5) is 8.25. The van der Waals surface area contributed by atoms with Gasteiger partial charge >= 0.3 is 11.8 Å². The van der Waals surface area contributed by atoms with Crippen molar-refractivity contribution in [1.82, 2.24) is 13.9 Å². The van der Waals surface area contributed by atoms with Gasteiger partial charge in [-0.25, -0.2) is 8.42 Å². The van der Waals surface area contributed by atoms with Gasteiger partial charge in [0.1, 0.15) is 11.4 Å². The molecule has 1 unspecified atom stereocenters. The SMILES string of the molecule is COc1ccnc(C[S+]([O-])c2nc3cc(OC(F)F)ccc3n2S(=O)(=O)c2ccc(Cl)cc2)c1OC.